The van der Waals surface area contributed by atoms with Crippen LogP contribution in [-0.2, 0) is 19.1 Å². The first-order valence-corrected chi connectivity index (χ1v) is 7.44. The van der Waals surface area contributed by atoms with Gasteiger partial charge in [0.15, 0.2) is 6.61 Å². The molecular formula is C17H29NO4. The molecule has 0 amide bonds. The summed E-state index contributed by atoms with van der Waals surface area (Å²) < 4.78 is 9.73. The second-order valence-corrected chi connectivity index (χ2v) is 4.51. The van der Waals surface area contributed by atoms with Gasteiger partial charge < -0.3 is 15.2 Å². The molecule has 1 atom stereocenters. The van der Waals surface area contributed by atoms with Crippen molar-refractivity contribution in [2.24, 2.45) is 11.7 Å². The van der Waals surface area contributed by atoms with Gasteiger partial charge in [-0.3, -0.25) is 4.79 Å². The van der Waals surface area contributed by atoms with Crippen LogP contribution in [0.3, 0.4) is 0 Å². The van der Waals surface area contributed by atoms with Crippen LogP contribution >= 0.6 is 0 Å². The maximum Gasteiger partial charge on any atom is 0.344 e. The SMILES string of the molecule is C=C/C(=C\C=C/C)COC(=O)COC(=O)C(N)C(C)C.CC. The van der Waals surface area contributed by atoms with Crippen LogP contribution in [0.1, 0.15) is 34.6 Å². The van der Waals surface area contributed by atoms with Gasteiger partial charge in [0, 0.05) is 0 Å². The van der Waals surface area contributed by atoms with Gasteiger partial charge >= 0.3 is 11.9 Å². The molecule has 0 aromatic carbocycles. The number of hydrogen-bond donors (Lipinski definition) is 1. The van der Waals surface area contributed by atoms with Crippen LogP contribution in [0.25, 0.3) is 0 Å². The van der Waals surface area contributed by atoms with E-state index in [-0.39, 0.29) is 12.5 Å². The lowest BCUT2D eigenvalue weighted by Gasteiger charge is -2.14. The van der Waals surface area contributed by atoms with Crippen LogP contribution in [0.2, 0.25) is 0 Å². The molecule has 2 N–H and O–H groups in total. The molecule has 0 aromatic rings. The quantitative estimate of drug-likeness (QED) is 0.551. The summed E-state index contributed by atoms with van der Waals surface area (Å²) in [6.07, 6.45) is 7.03. The molecule has 0 saturated carbocycles. The minimum Gasteiger partial charge on any atom is -0.458 e. The third-order valence-electron chi connectivity index (χ3n) is 2.49. The van der Waals surface area contributed by atoms with Gasteiger partial charge in [0.2, 0.25) is 0 Å². The van der Waals surface area contributed by atoms with Gasteiger partial charge in [0.05, 0.1) is 0 Å². The number of esters is 2. The fourth-order valence-corrected chi connectivity index (χ4v) is 1.10. The topological polar surface area (TPSA) is 78.6 Å². The molecule has 126 valence electrons. The Kier molecular flexibility index (Phi) is 14.3. The lowest BCUT2D eigenvalue weighted by Crippen LogP contribution is -2.38. The third kappa shape index (κ3) is 10.9. The number of rotatable bonds is 8. The number of allylic oxidation sites excluding steroid dienone is 3. The summed E-state index contributed by atoms with van der Waals surface area (Å²) in [5, 5.41) is 0. The Labute approximate surface area is 133 Å². The van der Waals surface area contributed by atoms with Crippen LogP contribution in [0.5, 0.6) is 0 Å². The van der Waals surface area contributed by atoms with Gasteiger partial charge in [-0.1, -0.05) is 58.6 Å². The van der Waals surface area contributed by atoms with Crippen LogP contribution in [0.15, 0.2) is 36.5 Å². The minimum atomic E-state index is -0.735. The first-order chi connectivity index (χ1) is 10.4. The maximum absolute atomic E-state index is 11.4. The van der Waals surface area contributed by atoms with E-state index in [0.29, 0.717) is 0 Å². The first kappa shape index (κ1) is 22.4. The van der Waals surface area contributed by atoms with Gasteiger partial charge in [0.1, 0.15) is 12.6 Å². The maximum atomic E-state index is 11.4. The summed E-state index contributed by atoms with van der Waals surface area (Å²) in [4.78, 5) is 22.8. The molecule has 5 heteroatoms. The summed E-state index contributed by atoms with van der Waals surface area (Å²) in [5.41, 5.74) is 6.34. The Morgan fingerprint density at radius 1 is 1.18 bits per heavy atom. The molecule has 0 aliphatic heterocycles. The van der Waals surface area contributed by atoms with E-state index in [1.54, 1.807) is 26.0 Å². The monoisotopic (exact) mass is 311 g/mol. The molecule has 0 aromatic heterocycles. The lowest BCUT2D eigenvalue weighted by molar-refractivity contribution is -0.159. The number of carbonyl (C=O) groups excluding carboxylic acids is 2. The van der Waals surface area contributed by atoms with Crippen molar-refractivity contribution in [2.45, 2.75) is 40.7 Å². The van der Waals surface area contributed by atoms with E-state index in [1.165, 1.54) is 0 Å². The Bertz CT molecular complexity index is 397. The zero-order valence-electron chi connectivity index (χ0n) is 14.3. The van der Waals surface area contributed by atoms with Gasteiger partial charge in [-0.2, -0.15) is 0 Å². The van der Waals surface area contributed by atoms with Gasteiger partial charge in [-0.15, -0.1) is 0 Å². The summed E-state index contributed by atoms with van der Waals surface area (Å²) >= 11 is 0. The highest BCUT2D eigenvalue weighted by Crippen LogP contribution is 2.01. The van der Waals surface area contributed by atoms with Gasteiger partial charge in [0.25, 0.3) is 0 Å². The molecule has 0 saturated heterocycles. The van der Waals surface area contributed by atoms with E-state index in [4.69, 9.17) is 15.2 Å². The predicted octanol–water partition coefficient (Wildman–Crippen LogP) is 2.77. The predicted molar refractivity (Wildman–Crippen MR) is 89.2 cm³/mol. The van der Waals surface area contributed by atoms with Crippen molar-refractivity contribution < 1.29 is 19.1 Å². The van der Waals surface area contributed by atoms with Crippen LogP contribution in [-0.4, -0.2) is 31.2 Å². The average molecular weight is 311 g/mol. The Morgan fingerprint density at radius 2 is 1.77 bits per heavy atom. The molecule has 0 radical (unpaired) electrons. The van der Waals surface area contributed by atoms with Crippen LogP contribution in [0, 0.1) is 5.92 Å². The minimum absolute atomic E-state index is 0.0466. The van der Waals surface area contributed by atoms with Crippen molar-refractivity contribution >= 4 is 11.9 Å². The average Bonchev–Trinajstić information content (AvgIpc) is 2.53. The van der Waals surface area contributed by atoms with Gasteiger partial charge in [-0.05, 0) is 18.4 Å². The molecule has 0 bridgehead atoms. The molecule has 0 aliphatic carbocycles. The van der Waals surface area contributed by atoms with Crippen molar-refractivity contribution in [3.05, 3.63) is 36.5 Å². The largest absolute Gasteiger partial charge is 0.458 e. The van der Waals surface area contributed by atoms with E-state index >= 15 is 0 Å². The highest BCUT2D eigenvalue weighted by atomic mass is 16.6. The number of nitrogens with two attached hydrogens (primary N) is 1. The second kappa shape index (κ2) is 14.1. The summed E-state index contributed by atoms with van der Waals surface area (Å²) in [6, 6.07) is -0.735. The van der Waals surface area contributed by atoms with E-state index in [2.05, 4.69) is 6.58 Å². The first-order valence-electron chi connectivity index (χ1n) is 7.44. The molecule has 1 unspecified atom stereocenters. The number of hydrogen-bond acceptors (Lipinski definition) is 5. The van der Waals surface area contributed by atoms with Crippen molar-refractivity contribution in [3.8, 4) is 0 Å². The van der Waals surface area contributed by atoms with Gasteiger partial charge in [-0.25, -0.2) is 4.79 Å². The highest BCUT2D eigenvalue weighted by molar-refractivity contribution is 5.79. The Morgan fingerprint density at radius 3 is 2.23 bits per heavy atom. The number of ether oxygens (including phenoxy) is 2. The molecule has 0 fully saturated rings. The molecule has 0 aliphatic rings. The Balaban J connectivity index is 0. The van der Waals surface area contributed by atoms with Crippen molar-refractivity contribution in [3.63, 3.8) is 0 Å². The van der Waals surface area contributed by atoms with E-state index in [1.807, 2.05) is 32.9 Å². The van der Waals surface area contributed by atoms with Crippen molar-refractivity contribution in [2.75, 3.05) is 13.2 Å². The lowest BCUT2D eigenvalue weighted by atomic mass is 10.1. The normalized spacial score (nSPS) is 12.4. The molecule has 22 heavy (non-hydrogen) atoms. The molecule has 5 nitrogen and oxygen atoms in total. The zero-order chi connectivity index (χ0) is 17.5. The van der Waals surface area contributed by atoms with Crippen molar-refractivity contribution in [1.29, 1.82) is 0 Å². The number of carbonyl (C=O) groups is 2. The fraction of sp³-hybridized carbons (Fsp3) is 0.529. The summed E-state index contributed by atoms with van der Waals surface area (Å²) in [7, 11) is 0. The van der Waals surface area contributed by atoms with E-state index < -0.39 is 24.6 Å². The zero-order valence-corrected chi connectivity index (χ0v) is 14.3. The van der Waals surface area contributed by atoms with E-state index in [9.17, 15) is 9.59 Å². The van der Waals surface area contributed by atoms with Crippen LogP contribution < -0.4 is 5.73 Å². The molecule has 0 spiro atoms. The van der Waals surface area contributed by atoms with Crippen molar-refractivity contribution in [1.82, 2.24) is 0 Å². The smallest absolute Gasteiger partial charge is 0.344 e. The third-order valence-corrected chi connectivity index (χ3v) is 2.49. The molecule has 0 rings (SSSR count). The highest BCUT2D eigenvalue weighted by Gasteiger charge is 2.20. The Hall–Kier alpha value is -1.88. The van der Waals surface area contributed by atoms with E-state index in [0.717, 1.165) is 5.57 Å². The molecular weight excluding hydrogens is 282 g/mol. The standard InChI is InChI=1S/C15H23NO4.C2H6/c1-5-7-8-12(6-2)9-19-13(17)10-20-15(18)14(16)11(3)4;1-2/h5-8,11,14H,2,9-10,16H2,1,3-4H3;1-2H3/b7-5-,12-8+;. The molecule has 0 heterocycles. The summed E-state index contributed by atoms with van der Waals surface area (Å²) in [6.45, 7) is 12.7. The fourth-order valence-electron chi connectivity index (χ4n) is 1.10. The summed E-state index contributed by atoms with van der Waals surface area (Å²) in [5.74, 6) is -1.28. The second-order valence-electron chi connectivity index (χ2n) is 4.51. The van der Waals surface area contributed by atoms with Crippen LogP contribution in [0.4, 0.5) is 0 Å².